The Bertz CT molecular complexity index is 858. The molecule has 7 nitrogen and oxygen atoms in total. The highest BCUT2D eigenvalue weighted by atomic mass is 33.1. The molecule has 0 aromatic carbocycles. The zero-order valence-corrected chi connectivity index (χ0v) is 25.4. The van der Waals surface area contributed by atoms with E-state index in [-0.39, 0.29) is 22.6 Å². The Balaban J connectivity index is 1.52. The lowest BCUT2D eigenvalue weighted by molar-refractivity contribution is -0.121. The van der Waals surface area contributed by atoms with Crippen molar-refractivity contribution in [3.8, 4) is 0 Å². The minimum Gasteiger partial charge on any atom is -0.355 e. The average Bonchev–Trinajstić information content (AvgIpc) is 2.88. The van der Waals surface area contributed by atoms with Crippen LogP contribution in [0.15, 0.2) is 58.8 Å². The van der Waals surface area contributed by atoms with Gasteiger partial charge < -0.3 is 16.0 Å². The molecule has 2 aromatic rings. The standard InChI is InChI=1S/C26H39N5O2S4/c1-25(2,19-30-21(32)11-15-34-36-23-9-5-7-13-28-23)17-27-18-26(3,4)20-31-22(33)12-16-35-37-24-10-6-8-14-29-24/h5-10,13-14,27H,11-12,15-20H2,1-4H3,(H,30,32)(H,31,33). The first kappa shape index (κ1) is 31.8. The van der Waals surface area contributed by atoms with E-state index in [1.807, 2.05) is 36.4 Å². The molecule has 2 aromatic heterocycles. The van der Waals surface area contributed by atoms with E-state index in [0.717, 1.165) is 34.6 Å². The topological polar surface area (TPSA) is 96.0 Å². The molecule has 37 heavy (non-hydrogen) atoms. The van der Waals surface area contributed by atoms with Crippen LogP contribution in [0.5, 0.6) is 0 Å². The van der Waals surface area contributed by atoms with Crippen molar-refractivity contribution in [2.75, 3.05) is 37.7 Å². The predicted molar refractivity (Wildman–Crippen MR) is 161 cm³/mol. The van der Waals surface area contributed by atoms with Gasteiger partial charge in [-0.1, -0.05) is 61.4 Å². The Morgan fingerprint density at radius 1 is 0.703 bits per heavy atom. The highest BCUT2D eigenvalue weighted by Crippen LogP contribution is 2.30. The third-order valence-corrected chi connectivity index (χ3v) is 9.66. The fourth-order valence-electron chi connectivity index (χ4n) is 2.98. The van der Waals surface area contributed by atoms with Gasteiger partial charge in [-0.15, -0.1) is 0 Å². The van der Waals surface area contributed by atoms with Gasteiger partial charge >= 0.3 is 0 Å². The summed E-state index contributed by atoms with van der Waals surface area (Å²) in [6, 6.07) is 11.6. The molecule has 0 saturated carbocycles. The normalized spacial score (nSPS) is 11.8. The Morgan fingerprint density at radius 3 is 1.51 bits per heavy atom. The SMILES string of the molecule is CC(C)(CNCC(C)(C)CNC(=O)CCSSc1ccccn1)CNC(=O)CCSSc1ccccn1. The van der Waals surface area contributed by atoms with Crippen molar-refractivity contribution in [1.29, 1.82) is 0 Å². The summed E-state index contributed by atoms with van der Waals surface area (Å²) in [7, 11) is 6.47. The van der Waals surface area contributed by atoms with Crippen LogP contribution in [0.3, 0.4) is 0 Å². The van der Waals surface area contributed by atoms with Crippen LogP contribution in [0.25, 0.3) is 0 Å². The minimum absolute atomic E-state index is 0.0711. The first-order chi connectivity index (χ1) is 17.7. The van der Waals surface area contributed by atoms with Crippen LogP contribution in [-0.4, -0.2) is 59.5 Å². The van der Waals surface area contributed by atoms with Gasteiger partial charge in [-0.2, -0.15) is 0 Å². The number of nitrogens with one attached hydrogen (secondary N) is 3. The van der Waals surface area contributed by atoms with Gasteiger partial charge in [0.15, 0.2) is 0 Å². The van der Waals surface area contributed by atoms with Crippen LogP contribution in [0.4, 0.5) is 0 Å². The summed E-state index contributed by atoms with van der Waals surface area (Å²) in [6.45, 7) is 11.3. The molecular weight excluding hydrogens is 543 g/mol. The highest BCUT2D eigenvalue weighted by molar-refractivity contribution is 8.77. The van der Waals surface area contributed by atoms with Gasteiger partial charge in [-0.05, 0) is 56.7 Å². The summed E-state index contributed by atoms with van der Waals surface area (Å²) in [4.78, 5) is 33.0. The third kappa shape index (κ3) is 15.6. The first-order valence-corrected chi connectivity index (χ1v) is 16.9. The van der Waals surface area contributed by atoms with Gasteiger partial charge in [0.05, 0.1) is 0 Å². The van der Waals surface area contributed by atoms with Crippen molar-refractivity contribution in [2.24, 2.45) is 10.8 Å². The molecule has 11 heteroatoms. The summed E-state index contributed by atoms with van der Waals surface area (Å²) in [5.74, 6) is 1.63. The first-order valence-electron chi connectivity index (χ1n) is 12.3. The number of rotatable bonds is 18. The molecule has 0 fully saturated rings. The number of aromatic nitrogens is 2. The summed E-state index contributed by atoms with van der Waals surface area (Å²) < 4.78 is 0. The zero-order valence-electron chi connectivity index (χ0n) is 22.1. The lowest BCUT2D eigenvalue weighted by Gasteiger charge is -2.30. The van der Waals surface area contributed by atoms with E-state index in [0.29, 0.717) is 25.9 Å². The van der Waals surface area contributed by atoms with Crippen molar-refractivity contribution >= 4 is 55.0 Å². The molecule has 2 amide bonds. The lowest BCUT2D eigenvalue weighted by atomic mass is 9.90. The van der Waals surface area contributed by atoms with Gasteiger partial charge in [-0.25, -0.2) is 9.97 Å². The van der Waals surface area contributed by atoms with E-state index in [1.54, 1.807) is 55.6 Å². The fraction of sp³-hybridized carbons (Fsp3) is 0.538. The maximum Gasteiger partial charge on any atom is 0.220 e. The Morgan fingerprint density at radius 2 is 1.14 bits per heavy atom. The monoisotopic (exact) mass is 581 g/mol. The molecule has 0 bridgehead atoms. The molecule has 0 aliphatic rings. The van der Waals surface area contributed by atoms with Gasteiger partial charge in [0.2, 0.25) is 11.8 Å². The zero-order chi connectivity index (χ0) is 27.0. The molecule has 2 rings (SSSR count). The number of hydrogen-bond acceptors (Lipinski definition) is 9. The molecular formula is C26H39N5O2S4. The minimum atomic E-state index is -0.0761. The smallest absolute Gasteiger partial charge is 0.220 e. The van der Waals surface area contributed by atoms with Crippen molar-refractivity contribution in [1.82, 2.24) is 25.9 Å². The highest BCUT2D eigenvalue weighted by Gasteiger charge is 2.22. The van der Waals surface area contributed by atoms with Crippen molar-refractivity contribution < 1.29 is 9.59 Å². The van der Waals surface area contributed by atoms with Crippen molar-refractivity contribution in [3.05, 3.63) is 48.8 Å². The van der Waals surface area contributed by atoms with E-state index in [4.69, 9.17) is 0 Å². The molecule has 0 aliphatic carbocycles. The van der Waals surface area contributed by atoms with Crippen molar-refractivity contribution in [2.45, 2.75) is 50.6 Å². The second-order valence-corrected chi connectivity index (χ2v) is 15.0. The molecule has 0 radical (unpaired) electrons. The number of pyridine rings is 2. The summed E-state index contributed by atoms with van der Waals surface area (Å²) in [5, 5.41) is 11.6. The number of carbonyl (C=O) groups excluding carboxylic acids is 2. The molecule has 0 spiro atoms. The molecule has 0 unspecified atom stereocenters. The molecule has 2 heterocycles. The van der Waals surface area contributed by atoms with Crippen LogP contribution in [0, 0.1) is 10.8 Å². The molecule has 3 N–H and O–H groups in total. The van der Waals surface area contributed by atoms with Gasteiger partial charge in [0.25, 0.3) is 0 Å². The maximum atomic E-state index is 12.2. The van der Waals surface area contributed by atoms with E-state index in [1.165, 1.54) is 0 Å². The van der Waals surface area contributed by atoms with Gasteiger partial charge in [0.1, 0.15) is 10.1 Å². The quantitative estimate of drug-likeness (QED) is 0.160. The Hall–Kier alpha value is -1.40. The lowest BCUT2D eigenvalue weighted by Crippen LogP contribution is -2.45. The maximum absolute atomic E-state index is 12.2. The van der Waals surface area contributed by atoms with E-state index >= 15 is 0 Å². The van der Waals surface area contributed by atoms with Crippen molar-refractivity contribution in [3.63, 3.8) is 0 Å². The Labute approximate surface area is 237 Å². The number of hydrogen-bond donors (Lipinski definition) is 3. The van der Waals surface area contributed by atoms with E-state index in [9.17, 15) is 9.59 Å². The molecule has 0 saturated heterocycles. The number of nitrogens with zero attached hydrogens (tertiary/aromatic N) is 2. The van der Waals surface area contributed by atoms with Crippen LogP contribution in [0.1, 0.15) is 40.5 Å². The van der Waals surface area contributed by atoms with Crippen LogP contribution >= 0.6 is 43.2 Å². The largest absolute Gasteiger partial charge is 0.355 e. The van der Waals surface area contributed by atoms with E-state index in [2.05, 4.69) is 53.6 Å². The number of amides is 2. The van der Waals surface area contributed by atoms with E-state index < -0.39 is 0 Å². The van der Waals surface area contributed by atoms with Gasteiger partial charge in [0, 0.05) is 62.9 Å². The Kier molecular flexibility index (Phi) is 14.8. The molecule has 0 atom stereocenters. The second-order valence-electron chi connectivity index (χ2n) is 10.1. The van der Waals surface area contributed by atoms with Crippen LogP contribution in [0.2, 0.25) is 0 Å². The third-order valence-electron chi connectivity index (χ3n) is 5.12. The number of carbonyl (C=O) groups is 2. The van der Waals surface area contributed by atoms with Crippen LogP contribution in [-0.2, 0) is 9.59 Å². The van der Waals surface area contributed by atoms with Crippen LogP contribution < -0.4 is 16.0 Å². The molecule has 0 aliphatic heterocycles. The molecule has 204 valence electrons. The summed E-state index contributed by atoms with van der Waals surface area (Å²) in [6.07, 6.45) is 4.52. The van der Waals surface area contributed by atoms with Gasteiger partial charge in [-0.3, -0.25) is 9.59 Å². The fourth-order valence-corrected chi connectivity index (χ4v) is 6.72. The second kappa shape index (κ2) is 17.2. The summed E-state index contributed by atoms with van der Waals surface area (Å²) >= 11 is 0. The predicted octanol–water partition coefficient (Wildman–Crippen LogP) is 5.31. The summed E-state index contributed by atoms with van der Waals surface area (Å²) in [5.41, 5.74) is -0.152. The average molecular weight is 582 g/mol.